The predicted molar refractivity (Wildman–Crippen MR) is 106 cm³/mol. The molecule has 1 aromatic heterocycles. The molecule has 1 unspecified atom stereocenters. The van der Waals surface area contributed by atoms with Gasteiger partial charge in [0, 0.05) is 25.1 Å². The number of amides is 2. The first-order chi connectivity index (χ1) is 13.9. The quantitative estimate of drug-likeness (QED) is 0.705. The summed E-state index contributed by atoms with van der Waals surface area (Å²) >= 11 is 0. The number of rotatable bonds is 5. The Morgan fingerprint density at radius 2 is 2.14 bits per heavy atom. The summed E-state index contributed by atoms with van der Waals surface area (Å²) in [7, 11) is 0. The van der Waals surface area contributed by atoms with Gasteiger partial charge in [-0.25, -0.2) is 14.2 Å². The highest BCUT2D eigenvalue weighted by Crippen LogP contribution is 2.37. The van der Waals surface area contributed by atoms with E-state index >= 15 is 4.39 Å². The summed E-state index contributed by atoms with van der Waals surface area (Å²) in [4.78, 5) is 32.5. The summed E-state index contributed by atoms with van der Waals surface area (Å²) in [6, 6.07) is 2.94. The number of carbonyl (C=O) groups excluding carboxylic acids is 1. The van der Waals surface area contributed by atoms with E-state index in [1.54, 1.807) is 17.0 Å². The Balaban J connectivity index is 1.63. The van der Waals surface area contributed by atoms with Crippen molar-refractivity contribution in [2.75, 3.05) is 6.54 Å². The maximum atomic E-state index is 15.1. The maximum absolute atomic E-state index is 15.1. The average molecular weight is 402 g/mol. The van der Waals surface area contributed by atoms with Crippen molar-refractivity contribution in [2.24, 2.45) is 11.8 Å². The molecule has 2 aliphatic rings. The molecule has 4 rings (SSSR count). The molecule has 2 amide bonds. The Morgan fingerprint density at radius 1 is 1.38 bits per heavy atom. The molecule has 3 N–H and O–H groups in total. The number of aromatic amines is 1. The molecule has 1 saturated heterocycles. The van der Waals surface area contributed by atoms with E-state index in [1.807, 2.05) is 0 Å². The van der Waals surface area contributed by atoms with E-state index in [9.17, 15) is 14.7 Å². The molecule has 2 aromatic rings. The van der Waals surface area contributed by atoms with Gasteiger partial charge in [-0.1, -0.05) is 25.8 Å². The Kier molecular flexibility index (Phi) is 5.43. The maximum Gasteiger partial charge on any atom is 0.405 e. The largest absolute Gasteiger partial charge is 0.465 e. The summed E-state index contributed by atoms with van der Waals surface area (Å²) in [5.41, 5.74) is 1.17. The van der Waals surface area contributed by atoms with Gasteiger partial charge in [-0.3, -0.25) is 4.79 Å². The molecule has 1 aliphatic carbocycles. The molecule has 1 atom stereocenters. The van der Waals surface area contributed by atoms with Crippen molar-refractivity contribution in [3.8, 4) is 0 Å². The van der Waals surface area contributed by atoms with E-state index in [4.69, 9.17) is 0 Å². The van der Waals surface area contributed by atoms with Crippen LogP contribution in [0.4, 0.5) is 9.18 Å². The smallest absolute Gasteiger partial charge is 0.405 e. The van der Waals surface area contributed by atoms with Crippen LogP contribution in [0.2, 0.25) is 0 Å². The number of benzene rings is 1. The Morgan fingerprint density at radius 3 is 2.79 bits per heavy atom. The Labute approximate surface area is 168 Å². The number of hydrogen-bond donors (Lipinski definition) is 3. The van der Waals surface area contributed by atoms with Gasteiger partial charge in [-0.15, -0.1) is 0 Å². The van der Waals surface area contributed by atoms with Gasteiger partial charge in [-0.2, -0.15) is 0 Å². The fraction of sp³-hybridized carbons (Fsp3) is 0.571. The molecule has 2 heterocycles. The van der Waals surface area contributed by atoms with Crippen LogP contribution in [-0.2, 0) is 11.3 Å². The van der Waals surface area contributed by atoms with Crippen LogP contribution in [-0.4, -0.2) is 38.5 Å². The zero-order valence-electron chi connectivity index (χ0n) is 16.6. The van der Waals surface area contributed by atoms with Crippen LogP contribution >= 0.6 is 0 Å². The third kappa shape index (κ3) is 4.06. The number of H-pyrrole nitrogens is 1. The fourth-order valence-electron chi connectivity index (χ4n) is 4.61. The van der Waals surface area contributed by atoms with E-state index in [2.05, 4.69) is 22.2 Å². The van der Waals surface area contributed by atoms with Crippen LogP contribution in [0.25, 0.3) is 11.0 Å². The summed E-state index contributed by atoms with van der Waals surface area (Å²) in [5.74, 6) is 0.823. The van der Waals surface area contributed by atoms with Crippen LogP contribution in [0.15, 0.2) is 12.1 Å². The van der Waals surface area contributed by atoms with Gasteiger partial charge in [0.1, 0.15) is 11.3 Å². The second-order valence-electron chi connectivity index (χ2n) is 8.42. The molecule has 156 valence electrons. The normalized spacial score (nSPS) is 23.5. The highest BCUT2D eigenvalue weighted by Gasteiger charge is 2.31. The molecule has 1 aliphatic heterocycles. The van der Waals surface area contributed by atoms with Gasteiger partial charge < -0.3 is 20.3 Å². The number of nitrogens with zero attached hydrogens (tertiary/aromatic N) is 2. The zero-order valence-corrected chi connectivity index (χ0v) is 16.6. The van der Waals surface area contributed by atoms with E-state index in [0.717, 1.165) is 32.1 Å². The lowest BCUT2D eigenvalue weighted by Gasteiger charge is -2.31. The fourth-order valence-corrected chi connectivity index (χ4v) is 4.61. The van der Waals surface area contributed by atoms with Gasteiger partial charge in [-0.05, 0) is 37.2 Å². The second kappa shape index (κ2) is 8.00. The number of aromatic nitrogens is 2. The number of carbonyl (C=O) groups is 2. The number of imidazole rings is 1. The van der Waals surface area contributed by atoms with Gasteiger partial charge in [0.05, 0.1) is 11.6 Å². The molecule has 2 fully saturated rings. The third-order valence-corrected chi connectivity index (χ3v) is 6.33. The van der Waals surface area contributed by atoms with E-state index < -0.39 is 18.0 Å². The summed E-state index contributed by atoms with van der Waals surface area (Å²) in [5, 5.41) is 11.9. The van der Waals surface area contributed by atoms with Gasteiger partial charge in [0.15, 0.2) is 5.82 Å². The minimum Gasteiger partial charge on any atom is -0.465 e. The van der Waals surface area contributed by atoms with Gasteiger partial charge in [0.2, 0.25) is 5.91 Å². The van der Waals surface area contributed by atoms with Crippen LogP contribution in [0, 0.1) is 17.7 Å². The van der Waals surface area contributed by atoms with Crippen molar-refractivity contribution in [3.63, 3.8) is 0 Å². The van der Waals surface area contributed by atoms with Gasteiger partial charge in [0.25, 0.3) is 0 Å². The highest BCUT2D eigenvalue weighted by atomic mass is 19.1. The van der Waals surface area contributed by atoms with Crippen LogP contribution in [0.5, 0.6) is 0 Å². The number of carboxylic acid groups (broad SMARTS) is 1. The molecule has 0 radical (unpaired) electrons. The van der Waals surface area contributed by atoms with Gasteiger partial charge >= 0.3 is 6.09 Å². The SMILES string of the molecule is CC1CCC(C(NC(=O)O)c2nc3c(F)c(CN4CCCC4=O)ccc3[nH]2)CC1. The van der Waals surface area contributed by atoms with E-state index in [-0.39, 0.29) is 23.9 Å². The summed E-state index contributed by atoms with van der Waals surface area (Å²) in [6.45, 7) is 3.09. The minimum atomic E-state index is -1.11. The van der Waals surface area contributed by atoms with Crippen molar-refractivity contribution in [2.45, 2.75) is 58.0 Å². The molecule has 0 spiro atoms. The molecule has 29 heavy (non-hydrogen) atoms. The minimum absolute atomic E-state index is 0.0458. The van der Waals surface area contributed by atoms with Crippen molar-refractivity contribution in [1.29, 1.82) is 0 Å². The van der Waals surface area contributed by atoms with Crippen LogP contribution < -0.4 is 5.32 Å². The van der Waals surface area contributed by atoms with Crippen molar-refractivity contribution in [3.05, 3.63) is 29.3 Å². The Bertz CT molecular complexity index is 920. The van der Waals surface area contributed by atoms with Crippen LogP contribution in [0.3, 0.4) is 0 Å². The van der Waals surface area contributed by atoms with Crippen molar-refractivity contribution >= 4 is 23.0 Å². The molecule has 8 heteroatoms. The van der Waals surface area contributed by atoms with Crippen molar-refractivity contribution in [1.82, 2.24) is 20.2 Å². The topological polar surface area (TPSA) is 98.3 Å². The standard InChI is InChI=1S/C21H27FN4O3/c1-12-4-6-13(7-5-12)18(25-21(28)29)20-23-15-9-8-14(17(22)19(15)24-20)11-26-10-2-3-16(26)27/h8-9,12-13,18,25H,2-7,10-11H2,1H3,(H,23,24)(H,28,29). The van der Waals surface area contributed by atoms with E-state index in [1.165, 1.54) is 0 Å². The molecule has 1 saturated carbocycles. The first kappa shape index (κ1) is 19.7. The van der Waals surface area contributed by atoms with Crippen LogP contribution in [0.1, 0.15) is 62.9 Å². The number of halogens is 1. The lowest BCUT2D eigenvalue weighted by Crippen LogP contribution is -2.34. The first-order valence-corrected chi connectivity index (χ1v) is 10.4. The second-order valence-corrected chi connectivity index (χ2v) is 8.42. The average Bonchev–Trinajstić information content (AvgIpc) is 3.29. The number of nitrogens with one attached hydrogen (secondary N) is 2. The number of fused-ring (bicyclic) bond motifs is 1. The third-order valence-electron chi connectivity index (χ3n) is 6.33. The van der Waals surface area contributed by atoms with E-state index in [0.29, 0.717) is 35.8 Å². The summed E-state index contributed by atoms with van der Waals surface area (Å²) in [6.07, 6.45) is 4.12. The molecule has 0 bridgehead atoms. The Hall–Kier alpha value is -2.64. The molecule has 1 aromatic carbocycles. The summed E-state index contributed by atoms with van der Waals surface area (Å²) < 4.78 is 15.1. The first-order valence-electron chi connectivity index (χ1n) is 10.4. The zero-order chi connectivity index (χ0) is 20.5. The predicted octanol–water partition coefficient (Wildman–Crippen LogP) is 3.96. The number of hydrogen-bond acceptors (Lipinski definition) is 3. The molecular formula is C21H27FN4O3. The lowest BCUT2D eigenvalue weighted by atomic mass is 9.79. The highest BCUT2D eigenvalue weighted by molar-refractivity contribution is 5.79. The monoisotopic (exact) mass is 402 g/mol. The van der Waals surface area contributed by atoms with Crippen molar-refractivity contribution < 1.29 is 19.1 Å². The lowest BCUT2D eigenvalue weighted by molar-refractivity contribution is -0.128. The number of likely N-dealkylation sites (tertiary alicyclic amines) is 1. The molecule has 7 nitrogen and oxygen atoms in total. The molecular weight excluding hydrogens is 375 g/mol.